The monoisotopic (exact) mass is 886 g/mol. The number of aromatic nitrogens is 4. The van der Waals surface area contributed by atoms with Crippen molar-refractivity contribution >= 4 is 43.5 Å². The number of hydrogen-bond acceptors (Lipinski definition) is 10. The SMILES string of the molecule is CN(C)Cc1cc(S(=O)(=O)NC(=O)Nc2c3c(cc4c2CCC4)CCC3)nn1C1CC1.CN(C)Cc1cc(S(=O)(=O)NC(=O)Nc2c3c(cc4c2CCC4)CCC3)nn1C1CC1. The molecular weight excluding hydrogens is 829 g/mol. The lowest BCUT2D eigenvalue weighted by molar-refractivity contribution is 0.255. The molecule has 6 aliphatic rings. The third kappa shape index (κ3) is 8.88. The van der Waals surface area contributed by atoms with Crippen LogP contribution in [0.25, 0.3) is 0 Å². The standard InChI is InChI=1S/2C22H29N5O3S/c2*1-26(2)13-17-12-20(24-27(17)16-9-10-16)31(29,30)25-22(28)23-21-18-7-3-5-14(18)11-15-6-4-8-19(15)21/h2*11-12,16H,3-10,13H2,1-2H3,(H2,23,25,28). The Hall–Kier alpha value is -4.78. The molecule has 2 aromatic heterocycles. The first-order chi connectivity index (χ1) is 29.6. The zero-order valence-corrected chi connectivity index (χ0v) is 37.8. The van der Waals surface area contributed by atoms with Gasteiger partial charge in [-0.2, -0.15) is 27.0 Å². The molecule has 4 amide bonds. The Balaban J connectivity index is 0.000000158. The van der Waals surface area contributed by atoms with E-state index in [0.29, 0.717) is 13.1 Å². The molecule has 0 aliphatic heterocycles. The molecule has 10 rings (SSSR count). The van der Waals surface area contributed by atoms with Crippen LogP contribution in [0.5, 0.6) is 0 Å². The maximum absolute atomic E-state index is 12.9. The van der Waals surface area contributed by atoms with E-state index < -0.39 is 32.1 Å². The van der Waals surface area contributed by atoms with Gasteiger partial charge in [0.05, 0.1) is 23.5 Å². The molecular formula is C44H58N10O6S2. The summed E-state index contributed by atoms with van der Waals surface area (Å²) in [7, 11) is -0.401. The van der Waals surface area contributed by atoms with Crippen LogP contribution in [0.2, 0.25) is 0 Å². The Bertz CT molecular complexity index is 2410. The zero-order valence-electron chi connectivity index (χ0n) is 36.1. The number of aryl methyl sites for hydroxylation is 4. The molecule has 4 aromatic rings. The minimum atomic E-state index is -4.06. The molecule has 4 N–H and O–H groups in total. The van der Waals surface area contributed by atoms with Crippen LogP contribution in [0.15, 0.2) is 34.3 Å². The predicted octanol–water partition coefficient (Wildman–Crippen LogP) is 5.53. The van der Waals surface area contributed by atoms with Crippen LogP contribution in [-0.2, 0) is 84.5 Å². The first-order valence-electron chi connectivity index (χ1n) is 22.1. The number of amides is 4. The van der Waals surface area contributed by atoms with Crippen LogP contribution in [-0.4, -0.2) is 86.4 Å². The number of sulfonamides is 2. The van der Waals surface area contributed by atoms with Gasteiger partial charge in [0, 0.05) is 36.6 Å². The fourth-order valence-electron chi connectivity index (χ4n) is 9.79. The topological polar surface area (TPSA) is 193 Å². The largest absolute Gasteiger partial charge is 0.333 e. The number of nitrogens with zero attached hydrogens (tertiary/aromatic N) is 6. The van der Waals surface area contributed by atoms with E-state index in [4.69, 9.17) is 0 Å². The Morgan fingerprint density at radius 1 is 0.548 bits per heavy atom. The molecule has 2 heterocycles. The molecule has 0 bridgehead atoms. The Labute approximate surface area is 364 Å². The summed E-state index contributed by atoms with van der Waals surface area (Å²) in [6, 6.07) is 6.78. The van der Waals surface area contributed by atoms with E-state index in [-0.39, 0.29) is 22.1 Å². The van der Waals surface area contributed by atoms with Crippen molar-refractivity contribution in [2.75, 3.05) is 38.8 Å². The lowest BCUT2D eigenvalue weighted by atomic mass is 9.99. The van der Waals surface area contributed by atoms with Gasteiger partial charge in [-0.15, -0.1) is 0 Å². The van der Waals surface area contributed by atoms with E-state index >= 15 is 0 Å². The third-order valence-electron chi connectivity index (χ3n) is 12.8. The van der Waals surface area contributed by atoms with Crippen LogP contribution in [0.1, 0.15) is 119 Å². The number of rotatable bonds is 12. The van der Waals surface area contributed by atoms with Gasteiger partial charge in [0.15, 0.2) is 10.1 Å². The Morgan fingerprint density at radius 2 is 0.871 bits per heavy atom. The van der Waals surface area contributed by atoms with Crippen molar-refractivity contribution in [1.29, 1.82) is 0 Å². The average Bonchev–Trinajstić information content (AvgIpc) is 3.70. The van der Waals surface area contributed by atoms with Crippen LogP contribution in [0, 0.1) is 0 Å². The molecule has 16 nitrogen and oxygen atoms in total. The average molecular weight is 887 g/mol. The molecule has 2 saturated carbocycles. The third-order valence-corrected chi connectivity index (χ3v) is 15.2. The maximum Gasteiger partial charge on any atom is 0.333 e. The quantitative estimate of drug-likeness (QED) is 0.141. The summed E-state index contributed by atoms with van der Waals surface area (Å²) in [5.74, 6) is 0. The van der Waals surface area contributed by atoms with Gasteiger partial charge in [-0.25, -0.2) is 19.0 Å². The van der Waals surface area contributed by atoms with Gasteiger partial charge in [0.1, 0.15) is 0 Å². The molecule has 0 radical (unpaired) electrons. The summed E-state index contributed by atoms with van der Waals surface area (Å²) in [6.45, 7) is 1.18. The second-order valence-corrected chi connectivity index (χ2v) is 21.6. The van der Waals surface area contributed by atoms with Gasteiger partial charge in [0.2, 0.25) is 0 Å². The second kappa shape index (κ2) is 16.7. The number of hydrogen-bond donors (Lipinski definition) is 4. The van der Waals surface area contributed by atoms with Gasteiger partial charge < -0.3 is 20.4 Å². The number of benzene rings is 2. The van der Waals surface area contributed by atoms with E-state index in [2.05, 4.69) is 42.4 Å². The second-order valence-electron chi connectivity index (χ2n) is 18.4. The number of carbonyl (C=O) groups excluding carboxylic acids is 2. The first kappa shape index (κ1) is 42.5. The van der Waals surface area contributed by atoms with Crippen LogP contribution in [0.4, 0.5) is 21.0 Å². The van der Waals surface area contributed by atoms with Crippen molar-refractivity contribution in [2.24, 2.45) is 0 Å². The number of urea groups is 2. The van der Waals surface area contributed by atoms with Crippen molar-refractivity contribution < 1.29 is 26.4 Å². The molecule has 0 saturated heterocycles. The van der Waals surface area contributed by atoms with Crippen LogP contribution in [0.3, 0.4) is 0 Å². The highest BCUT2D eigenvalue weighted by Gasteiger charge is 2.34. The molecule has 2 fully saturated rings. The molecule has 6 aliphatic carbocycles. The molecule has 2 aromatic carbocycles. The number of nitrogens with one attached hydrogen (secondary N) is 4. The van der Waals surface area contributed by atoms with Crippen molar-refractivity contribution in [3.63, 3.8) is 0 Å². The van der Waals surface area contributed by atoms with Crippen molar-refractivity contribution in [3.05, 3.63) is 80.2 Å². The van der Waals surface area contributed by atoms with Gasteiger partial charge in [-0.3, -0.25) is 9.36 Å². The highest BCUT2D eigenvalue weighted by Crippen LogP contribution is 2.41. The van der Waals surface area contributed by atoms with Crippen LogP contribution < -0.4 is 20.1 Å². The van der Waals surface area contributed by atoms with E-state index in [0.717, 1.165) is 125 Å². The van der Waals surface area contributed by atoms with Gasteiger partial charge in [-0.1, -0.05) is 12.1 Å². The van der Waals surface area contributed by atoms with Gasteiger partial charge in [-0.05, 0) is 175 Å². The van der Waals surface area contributed by atoms with E-state index in [1.54, 1.807) is 21.5 Å². The van der Waals surface area contributed by atoms with Gasteiger partial charge >= 0.3 is 12.1 Å². The minimum Gasteiger partial charge on any atom is -0.307 e. The Kier molecular flexibility index (Phi) is 11.5. The maximum atomic E-state index is 12.9. The lowest BCUT2D eigenvalue weighted by Crippen LogP contribution is -2.35. The highest BCUT2D eigenvalue weighted by atomic mass is 32.2. The van der Waals surface area contributed by atoms with E-state index in [9.17, 15) is 26.4 Å². The first-order valence-corrected chi connectivity index (χ1v) is 25.1. The number of fused-ring (bicyclic) bond motifs is 4. The van der Waals surface area contributed by atoms with Gasteiger partial charge in [0.25, 0.3) is 20.0 Å². The summed E-state index contributed by atoms with van der Waals surface area (Å²) < 4.78 is 59.7. The molecule has 0 unspecified atom stereocenters. The highest BCUT2D eigenvalue weighted by molar-refractivity contribution is 7.90. The normalized spacial score (nSPS) is 17.6. The lowest BCUT2D eigenvalue weighted by Gasteiger charge is -2.16. The minimum absolute atomic E-state index is 0.102. The van der Waals surface area contributed by atoms with E-state index in [1.807, 2.05) is 38.0 Å². The Morgan fingerprint density at radius 3 is 1.16 bits per heavy atom. The van der Waals surface area contributed by atoms with Crippen molar-refractivity contribution in [3.8, 4) is 0 Å². The smallest absolute Gasteiger partial charge is 0.307 e. The zero-order chi connectivity index (χ0) is 43.5. The predicted molar refractivity (Wildman–Crippen MR) is 235 cm³/mol. The number of anilines is 2. The fourth-order valence-corrected chi connectivity index (χ4v) is 11.6. The number of carbonyl (C=O) groups is 2. The molecule has 62 heavy (non-hydrogen) atoms. The molecule has 0 spiro atoms. The van der Waals surface area contributed by atoms with Crippen molar-refractivity contribution in [2.45, 2.75) is 138 Å². The molecule has 332 valence electrons. The molecule has 0 atom stereocenters. The summed E-state index contributed by atoms with van der Waals surface area (Å²) in [6.07, 6.45) is 16.0. The fraction of sp³-hybridized carbons (Fsp3) is 0.545. The summed E-state index contributed by atoms with van der Waals surface area (Å²) in [5.41, 5.74) is 13.1. The van der Waals surface area contributed by atoms with E-state index in [1.165, 1.54) is 44.5 Å². The summed E-state index contributed by atoms with van der Waals surface area (Å²) in [4.78, 5) is 29.5. The van der Waals surface area contributed by atoms with Crippen molar-refractivity contribution in [1.82, 2.24) is 38.8 Å². The van der Waals surface area contributed by atoms with Crippen LogP contribution >= 0.6 is 0 Å². The summed E-state index contributed by atoms with van der Waals surface area (Å²) >= 11 is 0. The molecule has 18 heteroatoms. The summed E-state index contributed by atoms with van der Waals surface area (Å²) in [5, 5.41) is 14.2.